The average molecular weight is 381 g/mol. The number of nitrogen functional groups attached to an aromatic ring is 1. The van der Waals surface area contributed by atoms with Crippen molar-refractivity contribution >= 4 is 39.2 Å². The van der Waals surface area contributed by atoms with E-state index < -0.39 is 35.7 Å². The lowest BCUT2D eigenvalue weighted by Crippen LogP contribution is -2.30. The van der Waals surface area contributed by atoms with Gasteiger partial charge in [0.1, 0.15) is 16.9 Å². The maximum atomic E-state index is 12.5. The van der Waals surface area contributed by atoms with Gasteiger partial charge in [-0.15, -0.1) is 0 Å². The highest BCUT2D eigenvalue weighted by molar-refractivity contribution is 7.17. The smallest absolute Gasteiger partial charge is 0.312 e. The van der Waals surface area contributed by atoms with E-state index in [4.69, 9.17) is 10.5 Å². The molecular formula is C15H19N5O5S. The summed E-state index contributed by atoms with van der Waals surface area (Å²) in [5, 5.41) is 22.4. The zero-order valence-electron chi connectivity index (χ0n) is 13.8. The summed E-state index contributed by atoms with van der Waals surface area (Å²) >= 11 is 0.884. The van der Waals surface area contributed by atoms with Crippen molar-refractivity contribution < 1.29 is 19.7 Å². The molecule has 3 heterocycles. The lowest BCUT2D eigenvalue weighted by molar-refractivity contribution is -0.130. The molecule has 11 heteroatoms. The molecule has 0 spiro atoms. The van der Waals surface area contributed by atoms with Crippen LogP contribution in [-0.2, 0) is 9.53 Å². The molecule has 0 amide bonds. The molecule has 26 heavy (non-hydrogen) atoms. The fourth-order valence-electron chi connectivity index (χ4n) is 3.47. The molecule has 140 valence electrons. The van der Waals surface area contributed by atoms with Crippen LogP contribution in [0.3, 0.4) is 0 Å². The number of nitrogens with zero attached hydrogens (tertiary/aromatic N) is 3. The lowest BCUT2D eigenvalue weighted by atomic mass is 10.1. The Hall–Kier alpha value is -2.08. The first-order valence-corrected chi connectivity index (χ1v) is 9.24. The van der Waals surface area contributed by atoms with Crippen LogP contribution in [0.5, 0.6) is 0 Å². The third-order valence-electron chi connectivity index (χ3n) is 4.78. The van der Waals surface area contributed by atoms with E-state index in [9.17, 15) is 19.8 Å². The van der Waals surface area contributed by atoms with Crippen LogP contribution in [0.4, 0.5) is 11.8 Å². The Morgan fingerprint density at radius 1 is 1.31 bits per heavy atom. The van der Waals surface area contributed by atoms with Crippen LogP contribution in [0.2, 0.25) is 0 Å². The third-order valence-corrected chi connectivity index (χ3v) is 5.73. The number of aliphatic hydroxyl groups is 2. The Kier molecular flexibility index (Phi) is 4.39. The second-order valence-electron chi connectivity index (χ2n) is 6.50. The van der Waals surface area contributed by atoms with Crippen molar-refractivity contribution in [1.82, 2.24) is 14.5 Å². The third kappa shape index (κ3) is 2.76. The number of aliphatic hydroxyl groups excluding tert-OH is 2. The summed E-state index contributed by atoms with van der Waals surface area (Å²) < 4.78 is 6.93. The van der Waals surface area contributed by atoms with Gasteiger partial charge in [0, 0.05) is 6.04 Å². The van der Waals surface area contributed by atoms with Crippen LogP contribution in [0.1, 0.15) is 31.9 Å². The van der Waals surface area contributed by atoms with Crippen molar-refractivity contribution in [2.24, 2.45) is 0 Å². The number of carbonyl (C=O) groups is 1. The molecule has 2 aromatic heterocycles. The molecule has 10 nitrogen and oxygen atoms in total. The number of carbonyl (C=O) groups excluding carboxylic acids is 1. The van der Waals surface area contributed by atoms with E-state index in [-0.39, 0.29) is 17.6 Å². The molecule has 2 aromatic rings. The monoisotopic (exact) mass is 381 g/mol. The summed E-state index contributed by atoms with van der Waals surface area (Å²) in [6, 6.07) is 0.253. The summed E-state index contributed by atoms with van der Waals surface area (Å²) in [5.41, 5.74) is 5.98. The van der Waals surface area contributed by atoms with E-state index in [1.165, 1.54) is 0 Å². The molecule has 1 saturated heterocycles. The number of nitrogens with one attached hydrogen (secondary N) is 1. The van der Waals surface area contributed by atoms with E-state index in [1.807, 2.05) is 0 Å². The molecule has 0 bridgehead atoms. The fraction of sp³-hybridized carbons (Fsp3) is 0.600. The van der Waals surface area contributed by atoms with Crippen LogP contribution in [0.25, 0.3) is 10.3 Å². The van der Waals surface area contributed by atoms with Crippen molar-refractivity contribution in [1.29, 1.82) is 0 Å². The topological polar surface area (TPSA) is 153 Å². The number of thiazole rings is 1. The Labute approximate surface area is 151 Å². The number of ketones is 1. The highest BCUT2D eigenvalue weighted by Gasteiger charge is 2.44. The van der Waals surface area contributed by atoms with Gasteiger partial charge in [-0.1, -0.05) is 24.2 Å². The zero-order valence-corrected chi connectivity index (χ0v) is 14.6. The standard InChI is InChI=1S/C15H19N5O5S/c16-14-18-11(17-6-3-1-2-4-6)10-12(19-14)20(15(24)26-10)13-9(23)8(22)7(5-21)25-13/h6-8,13,21-22H,1-5H2,(H3,16,17,18,19)/t7-,8-,13-/m1/s1. The molecule has 0 radical (unpaired) electrons. The number of hydrogen-bond donors (Lipinski definition) is 4. The molecule has 4 rings (SSSR count). The van der Waals surface area contributed by atoms with Crippen LogP contribution in [-0.4, -0.2) is 55.4 Å². The van der Waals surface area contributed by atoms with Gasteiger partial charge in [-0.25, -0.2) is 4.57 Å². The van der Waals surface area contributed by atoms with E-state index in [0.717, 1.165) is 41.6 Å². The summed E-state index contributed by atoms with van der Waals surface area (Å²) in [5.74, 6) is -0.271. The number of nitrogens with two attached hydrogens (primary N) is 1. The number of Topliss-reactive ketones (excluding diaryl/α,β-unsaturated/α-hetero) is 1. The number of fused-ring (bicyclic) bond motifs is 1. The lowest BCUT2D eigenvalue weighted by Gasteiger charge is -2.14. The van der Waals surface area contributed by atoms with Crippen LogP contribution in [0.15, 0.2) is 4.79 Å². The van der Waals surface area contributed by atoms with Crippen LogP contribution >= 0.6 is 11.3 Å². The Morgan fingerprint density at radius 2 is 2.04 bits per heavy atom. The normalized spacial score (nSPS) is 26.8. The summed E-state index contributed by atoms with van der Waals surface area (Å²) in [6.07, 6.45) is 0.349. The predicted octanol–water partition coefficient (Wildman–Crippen LogP) is -0.391. The Morgan fingerprint density at radius 3 is 2.69 bits per heavy atom. The van der Waals surface area contributed by atoms with E-state index in [2.05, 4.69) is 15.3 Å². The quantitative estimate of drug-likeness (QED) is 0.554. The van der Waals surface area contributed by atoms with Gasteiger partial charge >= 0.3 is 4.87 Å². The number of aromatic nitrogens is 3. The van der Waals surface area contributed by atoms with Crippen molar-refractivity contribution in [2.45, 2.75) is 50.2 Å². The molecule has 3 atom stereocenters. The second kappa shape index (κ2) is 6.58. The van der Waals surface area contributed by atoms with Crippen molar-refractivity contribution in [2.75, 3.05) is 17.7 Å². The van der Waals surface area contributed by atoms with Gasteiger partial charge in [0.2, 0.25) is 18.0 Å². The first-order valence-electron chi connectivity index (χ1n) is 8.42. The van der Waals surface area contributed by atoms with Gasteiger partial charge in [0.05, 0.1) is 6.61 Å². The van der Waals surface area contributed by atoms with Gasteiger partial charge < -0.3 is 26.0 Å². The minimum atomic E-state index is -1.50. The largest absolute Gasteiger partial charge is 0.394 e. The first-order chi connectivity index (χ1) is 12.5. The maximum Gasteiger partial charge on any atom is 0.312 e. The highest BCUT2D eigenvalue weighted by Crippen LogP contribution is 2.32. The zero-order chi connectivity index (χ0) is 18.4. The van der Waals surface area contributed by atoms with Gasteiger partial charge in [0.15, 0.2) is 11.5 Å². The Balaban J connectivity index is 1.79. The molecule has 2 aliphatic rings. The SMILES string of the molecule is Nc1nc(NC2CCCC2)c2sc(=O)n([C@@H]3O[C@H](CO)[C@@H](O)C3=O)c2n1. The molecule has 0 aromatic carbocycles. The van der Waals surface area contributed by atoms with Gasteiger partial charge in [0.25, 0.3) is 0 Å². The number of rotatable bonds is 4. The maximum absolute atomic E-state index is 12.5. The van der Waals surface area contributed by atoms with Gasteiger partial charge in [-0.2, -0.15) is 9.97 Å². The summed E-state index contributed by atoms with van der Waals surface area (Å²) in [4.78, 5) is 32.7. The summed E-state index contributed by atoms with van der Waals surface area (Å²) in [6.45, 7) is -0.536. The van der Waals surface area contributed by atoms with E-state index in [1.54, 1.807) is 0 Å². The summed E-state index contributed by atoms with van der Waals surface area (Å²) in [7, 11) is 0. The van der Waals surface area contributed by atoms with Crippen molar-refractivity contribution in [3.8, 4) is 0 Å². The number of ether oxygens (including phenoxy) is 1. The molecule has 1 aliphatic heterocycles. The average Bonchev–Trinajstić information content (AvgIpc) is 3.29. The molecule has 0 unspecified atom stereocenters. The van der Waals surface area contributed by atoms with Crippen LogP contribution in [0, 0.1) is 0 Å². The number of hydrogen-bond acceptors (Lipinski definition) is 10. The minimum absolute atomic E-state index is 0.0331. The first kappa shape index (κ1) is 17.3. The van der Waals surface area contributed by atoms with Crippen molar-refractivity contribution in [3.05, 3.63) is 9.67 Å². The molecule has 2 fully saturated rings. The van der Waals surface area contributed by atoms with E-state index >= 15 is 0 Å². The van der Waals surface area contributed by atoms with E-state index in [0.29, 0.717) is 10.5 Å². The number of anilines is 2. The molecule has 1 saturated carbocycles. The predicted molar refractivity (Wildman–Crippen MR) is 94.0 cm³/mol. The second-order valence-corrected chi connectivity index (χ2v) is 7.47. The molecular weight excluding hydrogens is 362 g/mol. The molecule has 5 N–H and O–H groups in total. The van der Waals surface area contributed by atoms with Crippen LogP contribution < -0.4 is 15.9 Å². The molecule has 1 aliphatic carbocycles. The minimum Gasteiger partial charge on any atom is -0.394 e. The fourth-order valence-corrected chi connectivity index (χ4v) is 4.36. The Bertz CT molecular complexity index is 906. The highest BCUT2D eigenvalue weighted by atomic mass is 32.1. The van der Waals surface area contributed by atoms with Crippen molar-refractivity contribution in [3.63, 3.8) is 0 Å². The van der Waals surface area contributed by atoms with Gasteiger partial charge in [-0.3, -0.25) is 9.59 Å². The van der Waals surface area contributed by atoms with Gasteiger partial charge in [-0.05, 0) is 12.8 Å².